The van der Waals surface area contributed by atoms with Gasteiger partial charge >= 0.3 is 0 Å². The highest BCUT2D eigenvalue weighted by atomic mass is 16.5. The molecule has 0 atom stereocenters. The molecule has 0 spiro atoms. The van der Waals surface area contributed by atoms with Crippen LogP contribution in [0.15, 0.2) is 66.9 Å². The van der Waals surface area contributed by atoms with Crippen molar-refractivity contribution in [1.29, 1.82) is 0 Å². The number of benzene rings is 2. The number of morpholine rings is 1. The van der Waals surface area contributed by atoms with E-state index in [1.54, 1.807) is 0 Å². The predicted octanol–water partition coefficient (Wildman–Crippen LogP) is 3.41. The Kier molecular flexibility index (Phi) is 6.65. The van der Waals surface area contributed by atoms with E-state index < -0.39 is 0 Å². The Morgan fingerprint density at radius 3 is 2.61 bits per heavy atom. The van der Waals surface area contributed by atoms with E-state index in [0.29, 0.717) is 12.1 Å². The average molecular weight is 443 g/mol. The number of ether oxygens (including phenoxy) is 1. The molecule has 2 aromatic carbocycles. The average Bonchev–Trinajstić information content (AvgIpc) is 2.88. The zero-order chi connectivity index (χ0) is 22.5. The Labute approximate surface area is 195 Å². The molecule has 1 saturated heterocycles. The number of anilines is 1. The fourth-order valence-electron chi connectivity index (χ4n) is 4.51. The summed E-state index contributed by atoms with van der Waals surface area (Å²) < 4.78 is 5.42. The second-order valence-corrected chi connectivity index (χ2v) is 8.74. The van der Waals surface area contributed by atoms with E-state index in [4.69, 9.17) is 4.74 Å². The van der Waals surface area contributed by atoms with Crippen LogP contribution in [0.5, 0.6) is 0 Å². The van der Waals surface area contributed by atoms with Crippen LogP contribution in [0.2, 0.25) is 0 Å². The topological polar surface area (TPSA) is 57.7 Å². The molecule has 6 heteroatoms. The standard InChI is InChI=1S/C27H30N4O2/c32-27(24-7-3-4-21(16-24)19-30-12-14-33-15-13-30)29-18-22-8-9-26(28-17-22)31-11-10-23-5-1-2-6-25(23)20-31/h1-9,16-17H,10-15,18-20H2,(H,29,32). The smallest absolute Gasteiger partial charge is 0.251 e. The van der Waals surface area contributed by atoms with E-state index in [-0.39, 0.29) is 5.91 Å². The van der Waals surface area contributed by atoms with Gasteiger partial charge in [0, 0.05) is 51.0 Å². The molecule has 3 heterocycles. The minimum atomic E-state index is -0.0597. The number of nitrogens with one attached hydrogen (secondary N) is 1. The predicted molar refractivity (Wildman–Crippen MR) is 129 cm³/mol. The van der Waals surface area contributed by atoms with Crippen LogP contribution in [0.1, 0.15) is 32.6 Å². The third-order valence-corrected chi connectivity index (χ3v) is 6.42. The minimum absolute atomic E-state index is 0.0597. The number of pyridine rings is 1. The summed E-state index contributed by atoms with van der Waals surface area (Å²) in [6.45, 7) is 6.59. The summed E-state index contributed by atoms with van der Waals surface area (Å²) in [5.41, 5.74) is 5.64. The zero-order valence-electron chi connectivity index (χ0n) is 18.9. The molecule has 0 saturated carbocycles. The van der Waals surface area contributed by atoms with Gasteiger partial charge in [0.1, 0.15) is 5.82 Å². The van der Waals surface area contributed by atoms with Crippen LogP contribution < -0.4 is 10.2 Å². The first-order valence-electron chi connectivity index (χ1n) is 11.7. The van der Waals surface area contributed by atoms with Crippen LogP contribution in [-0.2, 0) is 30.8 Å². The van der Waals surface area contributed by atoms with Crippen molar-refractivity contribution >= 4 is 11.7 Å². The molecule has 170 valence electrons. The molecule has 1 fully saturated rings. The maximum Gasteiger partial charge on any atom is 0.251 e. The van der Waals surface area contributed by atoms with Crippen molar-refractivity contribution in [2.24, 2.45) is 0 Å². The van der Waals surface area contributed by atoms with E-state index >= 15 is 0 Å². The van der Waals surface area contributed by atoms with Gasteiger partial charge in [0.15, 0.2) is 0 Å². The van der Waals surface area contributed by atoms with E-state index in [1.165, 1.54) is 11.1 Å². The normalized spacial score (nSPS) is 16.3. The third kappa shape index (κ3) is 5.41. The van der Waals surface area contributed by atoms with Gasteiger partial charge in [0.2, 0.25) is 0 Å². The summed E-state index contributed by atoms with van der Waals surface area (Å²) in [6, 6.07) is 20.6. The Balaban J connectivity index is 1.15. The molecule has 0 bridgehead atoms. The first-order valence-corrected chi connectivity index (χ1v) is 11.7. The molecule has 1 N–H and O–H groups in total. The van der Waals surface area contributed by atoms with Crippen molar-refractivity contribution in [3.05, 3.63) is 94.7 Å². The third-order valence-electron chi connectivity index (χ3n) is 6.42. The summed E-state index contributed by atoms with van der Waals surface area (Å²) in [7, 11) is 0. The van der Waals surface area contributed by atoms with Gasteiger partial charge in [-0.2, -0.15) is 0 Å². The highest BCUT2D eigenvalue weighted by molar-refractivity contribution is 5.94. The van der Waals surface area contributed by atoms with Gasteiger partial charge in [-0.25, -0.2) is 4.98 Å². The fraction of sp³-hybridized carbons (Fsp3) is 0.333. The minimum Gasteiger partial charge on any atom is -0.379 e. The number of hydrogen-bond donors (Lipinski definition) is 1. The summed E-state index contributed by atoms with van der Waals surface area (Å²) in [5.74, 6) is 0.922. The molecule has 3 aromatic rings. The van der Waals surface area contributed by atoms with Crippen LogP contribution in [0.4, 0.5) is 5.82 Å². The van der Waals surface area contributed by atoms with Gasteiger partial charge in [-0.05, 0) is 46.9 Å². The van der Waals surface area contributed by atoms with E-state index in [2.05, 4.69) is 62.6 Å². The summed E-state index contributed by atoms with van der Waals surface area (Å²) >= 11 is 0. The van der Waals surface area contributed by atoms with Gasteiger partial charge < -0.3 is 15.0 Å². The Hall–Kier alpha value is -3.22. The van der Waals surface area contributed by atoms with Gasteiger partial charge in [-0.3, -0.25) is 9.69 Å². The molecule has 0 aliphatic carbocycles. The summed E-state index contributed by atoms with van der Waals surface area (Å²) in [5, 5.41) is 3.03. The van der Waals surface area contributed by atoms with Gasteiger partial charge in [0.05, 0.1) is 13.2 Å². The number of amides is 1. The summed E-state index contributed by atoms with van der Waals surface area (Å²) in [6.07, 6.45) is 2.91. The summed E-state index contributed by atoms with van der Waals surface area (Å²) in [4.78, 5) is 22.1. The van der Waals surface area contributed by atoms with Crippen LogP contribution in [0.25, 0.3) is 0 Å². The lowest BCUT2D eigenvalue weighted by atomic mass is 10.00. The number of aromatic nitrogens is 1. The molecule has 5 rings (SSSR count). The molecule has 33 heavy (non-hydrogen) atoms. The molecule has 1 amide bonds. The lowest BCUT2D eigenvalue weighted by Gasteiger charge is -2.29. The Morgan fingerprint density at radius 2 is 1.79 bits per heavy atom. The maximum absolute atomic E-state index is 12.7. The molecule has 1 aromatic heterocycles. The molecule has 2 aliphatic rings. The van der Waals surface area contributed by atoms with Crippen molar-refractivity contribution in [1.82, 2.24) is 15.2 Å². The highest BCUT2D eigenvalue weighted by Gasteiger charge is 2.17. The van der Waals surface area contributed by atoms with Crippen LogP contribution in [0, 0.1) is 0 Å². The Bertz CT molecular complexity index is 1090. The van der Waals surface area contributed by atoms with E-state index in [9.17, 15) is 4.79 Å². The number of hydrogen-bond acceptors (Lipinski definition) is 5. The first-order chi connectivity index (χ1) is 16.2. The second-order valence-electron chi connectivity index (χ2n) is 8.74. The number of rotatable bonds is 6. The number of nitrogens with zero attached hydrogens (tertiary/aromatic N) is 3. The lowest BCUT2D eigenvalue weighted by molar-refractivity contribution is 0.0342. The van der Waals surface area contributed by atoms with Gasteiger partial charge in [-0.1, -0.05) is 42.5 Å². The van der Waals surface area contributed by atoms with E-state index in [1.807, 2.05) is 24.4 Å². The van der Waals surface area contributed by atoms with Crippen LogP contribution >= 0.6 is 0 Å². The van der Waals surface area contributed by atoms with Gasteiger partial charge in [-0.15, -0.1) is 0 Å². The van der Waals surface area contributed by atoms with Crippen LogP contribution in [-0.4, -0.2) is 48.6 Å². The monoisotopic (exact) mass is 442 g/mol. The Morgan fingerprint density at radius 1 is 0.939 bits per heavy atom. The van der Waals surface area contributed by atoms with Gasteiger partial charge in [0.25, 0.3) is 5.91 Å². The largest absolute Gasteiger partial charge is 0.379 e. The quantitative estimate of drug-likeness (QED) is 0.634. The number of carbonyl (C=O) groups excluding carboxylic acids is 1. The lowest BCUT2D eigenvalue weighted by Crippen LogP contribution is -2.35. The SMILES string of the molecule is O=C(NCc1ccc(N2CCc3ccccc3C2)nc1)c1cccc(CN2CCOCC2)c1. The molecule has 2 aliphatic heterocycles. The van der Waals surface area contributed by atoms with Crippen molar-refractivity contribution in [2.45, 2.75) is 26.1 Å². The fourth-order valence-corrected chi connectivity index (χ4v) is 4.51. The van der Waals surface area contributed by atoms with Crippen LogP contribution in [0.3, 0.4) is 0 Å². The molecule has 0 radical (unpaired) electrons. The molecule has 0 unspecified atom stereocenters. The highest BCUT2D eigenvalue weighted by Crippen LogP contribution is 2.23. The molecular weight excluding hydrogens is 412 g/mol. The molecular formula is C27H30N4O2. The van der Waals surface area contributed by atoms with Crippen molar-refractivity contribution < 1.29 is 9.53 Å². The van der Waals surface area contributed by atoms with Crippen molar-refractivity contribution in [2.75, 3.05) is 37.7 Å². The zero-order valence-corrected chi connectivity index (χ0v) is 18.9. The maximum atomic E-state index is 12.7. The second kappa shape index (κ2) is 10.1. The van der Waals surface area contributed by atoms with Crippen molar-refractivity contribution in [3.63, 3.8) is 0 Å². The van der Waals surface area contributed by atoms with Crippen molar-refractivity contribution in [3.8, 4) is 0 Å². The molecule has 6 nitrogen and oxygen atoms in total. The first kappa shape index (κ1) is 21.6. The number of carbonyl (C=O) groups is 1. The number of fused-ring (bicyclic) bond motifs is 1. The van der Waals surface area contributed by atoms with E-state index in [0.717, 1.165) is 69.3 Å².